The van der Waals surface area contributed by atoms with E-state index in [2.05, 4.69) is 4.90 Å². The number of nitrogens with zero attached hydrogens (tertiary/aromatic N) is 2. The predicted molar refractivity (Wildman–Crippen MR) is 78.0 cm³/mol. The van der Waals surface area contributed by atoms with E-state index in [0.717, 1.165) is 44.6 Å². The molecule has 0 bridgehead atoms. The zero-order chi connectivity index (χ0) is 14.5. The summed E-state index contributed by atoms with van der Waals surface area (Å²) < 4.78 is 5.18. The molecule has 0 atom stereocenters. The molecule has 110 valence electrons. The Morgan fingerprint density at radius 2 is 2.15 bits per heavy atom. The van der Waals surface area contributed by atoms with Gasteiger partial charge in [0.05, 0.1) is 4.92 Å². The summed E-state index contributed by atoms with van der Waals surface area (Å²) in [6.07, 6.45) is 2.23. The summed E-state index contributed by atoms with van der Waals surface area (Å²) in [6.45, 7) is 3.56. The van der Waals surface area contributed by atoms with Crippen molar-refractivity contribution in [2.24, 2.45) is 5.92 Å². The van der Waals surface area contributed by atoms with E-state index < -0.39 is 4.92 Å². The molecule has 5 nitrogen and oxygen atoms in total. The number of hydrogen-bond acceptors (Lipinski definition) is 4. The minimum absolute atomic E-state index is 0.0153. The van der Waals surface area contributed by atoms with Gasteiger partial charge in [0.1, 0.15) is 5.02 Å². The molecule has 2 rings (SSSR count). The summed E-state index contributed by atoms with van der Waals surface area (Å²) >= 11 is 5.82. The summed E-state index contributed by atoms with van der Waals surface area (Å²) in [6, 6.07) is 5.03. The Balaban J connectivity index is 1.94. The molecule has 0 aromatic heterocycles. The zero-order valence-electron chi connectivity index (χ0n) is 11.5. The van der Waals surface area contributed by atoms with Crippen LogP contribution in [0.1, 0.15) is 18.4 Å². The number of benzene rings is 1. The second kappa shape index (κ2) is 7.02. The normalized spacial score (nSPS) is 17.3. The Bertz CT molecular complexity index is 473. The molecular weight excluding hydrogens is 280 g/mol. The molecule has 0 radical (unpaired) electrons. The van der Waals surface area contributed by atoms with Gasteiger partial charge in [-0.2, -0.15) is 0 Å². The van der Waals surface area contributed by atoms with E-state index in [-0.39, 0.29) is 10.7 Å². The van der Waals surface area contributed by atoms with Gasteiger partial charge in [0.25, 0.3) is 5.69 Å². The van der Waals surface area contributed by atoms with Crippen LogP contribution in [0, 0.1) is 16.0 Å². The van der Waals surface area contributed by atoms with Gasteiger partial charge in [0.2, 0.25) is 0 Å². The van der Waals surface area contributed by atoms with Crippen LogP contribution in [-0.2, 0) is 11.3 Å². The maximum Gasteiger partial charge on any atom is 0.288 e. The average molecular weight is 299 g/mol. The van der Waals surface area contributed by atoms with E-state index in [1.165, 1.54) is 0 Å². The molecule has 0 unspecified atom stereocenters. The van der Waals surface area contributed by atoms with Crippen molar-refractivity contribution in [3.63, 3.8) is 0 Å². The molecule has 1 heterocycles. The van der Waals surface area contributed by atoms with Crippen LogP contribution in [0.15, 0.2) is 18.2 Å². The van der Waals surface area contributed by atoms with Crippen molar-refractivity contribution in [3.05, 3.63) is 38.9 Å². The number of methoxy groups -OCH3 is 1. The van der Waals surface area contributed by atoms with Crippen LogP contribution < -0.4 is 0 Å². The lowest BCUT2D eigenvalue weighted by atomic mass is 9.97. The number of ether oxygens (including phenoxy) is 1. The Labute approximate surface area is 123 Å². The summed E-state index contributed by atoms with van der Waals surface area (Å²) in [5.41, 5.74) is 0.921. The van der Waals surface area contributed by atoms with Gasteiger partial charge in [0, 0.05) is 26.3 Å². The lowest BCUT2D eigenvalue weighted by molar-refractivity contribution is -0.384. The lowest BCUT2D eigenvalue weighted by Gasteiger charge is -2.31. The first kappa shape index (κ1) is 15.2. The van der Waals surface area contributed by atoms with Crippen LogP contribution >= 0.6 is 11.6 Å². The summed E-state index contributed by atoms with van der Waals surface area (Å²) in [5.74, 6) is 0.635. The first-order valence-corrected chi connectivity index (χ1v) is 7.12. The molecular formula is C14H19ClN2O3. The van der Waals surface area contributed by atoms with E-state index in [0.29, 0.717) is 5.92 Å². The van der Waals surface area contributed by atoms with E-state index in [1.807, 2.05) is 6.07 Å². The van der Waals surface area contributed by atoms with Crippen LogP contribution in [0.25, 0.3) is 0 Å². The highest BCUT2D eigenvalue weighted by molar-refractivity contribution is 6.32. The van der Waals surface area contributed by atoms with Gasteiger partial charge in [0.15, 0.2) is 0 Å². The van der Waals surface area contributed by atoms with Gasteiger partial charge in [-0.15, -0.1) is 0 Å². The van der Waals surface area contributed by atoms with Crippen LogP contribution in [0.2, 0.25) is 5.02 Å². The molecule has 20 heavy (non-hydrogen) atoms. The van der Waals surface area contributed by atoms with Gasteiger partial charge in [-0.3, -0.25) is 15.0 Å². The van der Waals surface area contributed by atoms with Crippen molar-refractivity contribution < 1.29 is 9.66 Å². The lowest BCUT2D eigenvalue weighted by Crippen LogP contribution is -2.34. The van der Waals surface area contributed by atoms with E-state index >= 15 is 0 Å². The highest BCUT2D eigenvalue weighted by Gasteiger charge is 2.20. The van der Waals surface area contributed by atoms with Crippen molar-refractivity contribution in [1.82, 2.24) is 4.90 Å². The Hall–Kier alpha value is -1.17. The maximum atomic E-state index is 10.9. The molecule has 0 spiro atoms. The highest BCUT2D eigenvalue weighted by Crippen LogP contribution is 2.26. The molecule has 1 aromatic carbocycles. The van der Waals surface area contributed by atoms with Crippen LogP contribution in [0.3, 0.4) is 0 Å². The Morgan fingerprint density at radius 1 is 1.45 bits per heavy atom. The minimum atomic E-state index is -0.434. The molecule has 0 amide bonds. The average Bonchev–Trinajstić information content (AvgIpc) is 2.43. The van der Waals surface area contributed by atoms with E-state index in [4.69, 9.17) is 16.3 Å². The first-order chi connectivity index (χ1) is 9.60. The summed E-state index contributed by atoms with van der Waals surface area (Å²) in [7, 11) is 1.74. The standard InChI is InChI=1S/C14H19ClN2O3/c1-20-10-11-4-6-16(7-5-11)9-12-2-3-13(15)14(8-12)17(18)19/h2-3,8,11H,4-7,9-10H2,1H3. The molecule has 1 aliphatic heterocycles. The van der Waals surface area contributed by atoms with E-state index in [1.54, 1.807) is 19.2 Å². The van der Waals surface area contributed by atoms with Gasteiger partial charge in [-0.05, 0) is 43.5 Å². The van der Waals surface area contributed by atoms with Crippen LogP contribution in [0.4, 0.5) is 5.69 Å². The molecule has 1 fully saturated rings. The van der Waals surface area contributed by atoms with Gasteiger partial charge < -0.3 is 4.74 Å². The first-order valence-electron chi connectivity index (χ1n) is 6.74. The quantitative estimate of drug-likeness (QED) is 0.619. The second-order valence-corrected chi connectivity index (χ2v) is 5.62. The molecule has 0 saturated carbocycles. The van der Waals surface area contributed by atoms with Gasteiger partial charge in [-0.25, -0.2) is 0 Å². The topological polar surface area (TPSA) is 55.6 Å². The molecule has 1 aliphatic rings. The Kier molecular flexibility index (Phi) is 5.34. The second-order valence-electron chi connectivity index (χ2n) is 5.22. The number of hydrogen-bond donors (Lipinski definition) is 0. The molecule has 0 aliphatic carbocycles. The molecule has 1 saturated heterocycles. The minimum Gasteiger partial charge on any atom is -0.384 e. The number of likely N-dealkylation sites (tertiary alicyclic amines) is 1. The fourth-order valence-electron chi connectivity index (χ4n) is 2.60. The number of piperidine rings is 1. The third-order valence-corrected chi connectivity index (χ3v) is 4.04. The van der Waals surface area contributed by atoms with Crippen molar-refractivity contribution in [2.75, 3.05) is 26.8 Å². The van der Waals surface area contributed by atoms with Crippen molar-refractivity contribution >= 4 is 17.3 Å². The van der Waals surface area contributed by atoms with Crippen molar-refractivity contribution in [1.29, 1.82) is 0 Å². The van der Waals surface area contributed by atoms with Crippen molar-refractivity contribution in [2.45, 2.75) is 19.4 Å². The monoisotopic (exact) mass is 298 g/mol. The predicted octanol–water partition coefficient (Wildman–Crippen LogP) is 3.11. The SMILES string of the molecule is COCC1CCN(Cc2ccc(Cl)c([N+](=O)[O-])c2)CC1. The molecule has 6 heteroatoms. The highest BCUT2D eigenvalue weighted by atomic mass is 35.5. The number of nitro groups is 1. The Morgan fingerprint density at radius 3 is 2.75 bits per heavy atom. The summed E-state index contributed by atoms with van der Waals surface area (Å²) in [5, 5.41) is 11.1. The third kappa shape index (κ3) is 3.91. The third-order valence-electron chi connectivity index (χ3n) is 3.72. The number of rotatable bonds is 5. The fraction of sp³-hybridized carbons (Fsp3) is 0.571. The van der Waals surface area contributed by atoms with Gasteiger partial charge in [-0.1, -0.05) is 17.7 Å². The molecule has 0 N–H and O–H groups in total. The van der Waals surface area contributed by atoms with Gasteiger partial charge >= 0.3 is 0 Å². The van der Waals surface area contributed by atoms with Crippen LogP contribution in [0.5, 0.6) is 0 Å². The largest absolute Gasteiger partial charge is 0.384 e. The molecule has 1 aromatic rings. The fourth-order valence-corrected chi connectivity index (χ4v) is 2.79. The zero-order valence-corrected chi connectivity index (χ0v) is 12.3. The summed E-state index contributed by atoms with van der Waals surface area (Å²) in [4.78, 5) is 12.8. The van der Waals surface area contributed by atoms with E-state index in [9.17, 15) is 10.1 Å². The van der Waals surface area contributed by atoms with Crippen LogP contribution in [-0.4, -0.2) is 36.6 Å². The number of nitro benzene ring substituents is 1. The maximum absolute atomic E-state index is 10.9. The van der Waals surface area contributed by atoms with Crippen molar-refractivity contribution in [3.8, 4) is 0 Å². The number of halogens is 1. The smallest absolute Gasteiger partial charge is 0.288 e.